The summed E-state index contributed by atoms with van der Waals surface area (Å²) >= 11 is 1.52. The average molecular weight is 433 g/mol. The molecule has 9 heteroatoms. The molecule has 0 spiro atoms. The third kappa shape index (κ3) is 4.67. The Morgan fingerprint density at radius 2 is 1.90 bits per heavy atom. The van der Waals surface area contributed by atoms with Crippen molar-refractivity contribution in [2.45, 2.75) is 13.5 Å². The molecule has 156 valence electrons. The molecule has 0 atom stereocenters. The second-order valence-electron chi connectivity index (χ2n) is 6.78. The van der Waals surface area contributed by atoms with Gasteiger partial charge in [-0.15, -0.1) is 11.3 Å². The topological polar surface area (TPSA) is 110 Å². The van der Waals surface area contributed by atoms with Crippen LogP contribution in [0.3, 0.4) is 0 Å². The predicted molar refractivity (Wildman–Crippen MR) is 119 cm³/mol. The summed E-state index contributed by atoms with van der Waals surface area (Å²) in [5.41, 5.74) is 2.32. The van der Waals surface area contributed by atoms with Gasteiger partial charge in [0.2, 0.25) is 5.56 Å². The van der Waals surface area contributed by atoms with Crippen molar-refractivity contribution in [3.8, 4) is 21.1 Å². The molecule has 0 radical (unpaired) electrons. The molecule has 4 aromatic rings. The van der Waals surface area contributed by atoms with E-state index in [1.165, 1.54) is 40.4 Å². The van der Waals surface area contributed by atoms with Gasteiger partial charge in [0.15, 0.2) is 0 Å². The minimum absolute atomic E-state index is 0.213. The van der Waals surface area contributed by atoms with Gasteiger partial charge >= 0.3 is 0 Å². The normalized spacial score (nSPS) is 10.7. The number of aryl methyl sites for hydroxylation is 1. The van der Waals surface area contributed by atoms with Crippen molar-refractivity contribution in [2.24, 2.45) is 0 Å². The van der Waals surface area contributed by atoms with Gasteiger partial charge in [0.05, 0.1) is 22.7 Å². The first-order valence-electron chi connectivity index (χ1n) is 9.59. The van der Waals surface area contributed by atoms with Crippen LogP contribution in [0.1, 0.15) is 16.1 Å². The SMILES string of the molecule is Cc1nc(-c2ccccc2)sc1-c1ccc(=O)n(CCNC(=O)c2ccc(=O)[nH]c2)n1. The lowest BCUT2D eigenvalue weighted by Gasteiger charge is -2.08. The smallest absolute Gasteiger partial charge is 0.266 e. The fraction of sp³-hybridized carbons (Fsp3) is 0.136. The Morgan fingerprint density at radius 3 is 2.65 bits per heavy atom. The summed E-state index contributed by atoms with van der Waals surface area (Å²) in [6.07, 6.45) is 1.35. The molecule has 4 rings (SSSR count). The molecular weight excluding hydrogens is 414 g/mol. The molecule has 0 aliphatic rings. The molecule has 0 aliphatic carbocycles. The zero-order valence-electron chi connectivity index (χ0n) is 16.7. The van der Waals surface area contributed by atoms with Crippen molar-refractivity contribution in [1.82, 2.24) is 25.1 Å². The Hall–Kier alpha value is -3.85. The number of rotatable bonds is 6. The van der Waals surface area contributed by atoms with E-state index in [2.05, 4.69) is 20.4 Å². The lowest BCUT2D eigenvalue weighted by atomic mass is 10.2. The quantitative estimate of drug-likeness (QED) is 0.485. The zero-order chi connectivity index (χ0) is 21.8. The lowest BCUT2D eigenvalue weighted by Crippen LogP contribution is -2.32. The molecule has 0 saturated heterocycles. The summed E-state index contributed by atoms with van der Waals surface area (Å²) in [6.45, 7) is 2.34. The van der Waals surface area contributed by atoms with Crippen LogP contribution >= 0.6 is 11.3 Å². The van der Waals surface area contributed by atoms with E-state index in [4.69, 9.17) is 0 Å². The molecule has 3 aromatic heterocycles. The number of thiazole rings is 1. The molecule has 1 aromatic carbocycles. The minimum Gasteiger partial charge on any atom is -0.350 e. The first-order valence-corrected chi connectivity index (χ1v) is 10.4. The average Bonchev–Trinajstić information content (AvgIpc) is 3.17. The maximum absolute atomic E-state index is 12.2. The highest BCUT2D eigenvalue weighted by Gasteiger charge is 2.14. The Labute approximate surface area is 181 Å². The van der Waals surface area contributed by atoms with E-state index in [1.807, 2.05) is 37.3 Å². The lowest BCUT2D eigenvalue weighted by molar-refractivity contribution is 0.0951. The van der Waals surface area contributed by atoms with Gasteiger partial charge in [0.25, 0.3) is 11.5 Å². The first-order chi connectivity index (χ1) is 15.0. The monoisotopic (exact) mass is 433 g/mol. The number of aromatic nitrogens is 4. The number of H-pyrrole nitrogens is 1. The van der Waals surface area contributed by atoms with Crippen LogP contribution in [0.4, 0.5) is 0 Å². The highest BCUT2D eigenvalue weighted by Crippen LogP contribution is 2.33. The fourth-order valence-electron chi connectivity index (χ4n) is 3.00. The van der Waals surface area contributed by atoms with Crippen molar-refractivity contribution in [3.05, 3.63) is 92.8 Å². The van der Waals surface area contributed by atoms with Crippen LogP contribution < -0.4 is 16.4 Å². The van der Waals surface area contributed by atoms with E-state index in [0.29, 0.717) is 11.3 Å². The van der Waals surface area contributed by atoms with Gasteiger partial charge < -0.3 is 10.3 Å². The number of carbonyl (C=O) groups excluding carboxylic acids is 1. The summed E-state index contributed by atoms with van der Waals surface area (Å²) in [7, 11) is 0. The molecule has 1 amide bonds. The van der Waals surface area contributed by atoms with Crippen LogP contribution in [-0.2, 0) is 6.54 Å². The Bertz CT molecular complexity index is 1320. The van der Waals surface area contributed by atoms with Gasteiger partial charge in [-0.05, 0) is 19.1 Å². The Morgan fingerprint density at radius 1 is 1.10 bits per heavy atom. The summed E-state index contributed by atoms with van der Waals surface area (Å²) < 4.78 is 1.32. The third-order valence-electron chi connectivity index (χ3n) is 4.57. The van der Waals surface area contributed by atoms with Crippen LogP contribution in [-0.4, -0.2) is 32.2 Å². The molecule has 8 nitrogen and oxygen atoms in total. The molecule has 3 heterocycles. The minimum atomic E-state index is -0.341. The van der Waals surface area contributed by atoms with Crippen LogP contribution in [0.25, 0.3) is 21.1 Å². The molecule has 31 heavy (non-hydrogen) atoms. The summed E-state index contributed by atoms with van der Waals surface area (Å²) in [6, 6.07) is 15.8. The van der Waals surface area contributed by atoms with Crippen LogP contribution in [0, 0.1) is 6.92 Å². The van der Waals surface area contributed by atoms with Gasteiger partial charge in [-0.2, -0.15) is 5.10 Å². The van der Waals surface area contributed by atoms with E-state index >= 15 is 0 Å². The van der Waals surface area contributed by atoms with Crippen molar-refractivity contribution >= 4 is 17.2 Å². The fourth-order valence-corrected chi connectivity index (χ4v) is 4.03. The van der Waals surface area contributed by atoms with E-state index in [1.54, 1.807) is 6.07 Å². The number of carbonyl (C=O) groups is 1. The van der Waals surface area contributed by atoms with Crippen LogP contribution in [0.2, 0.25) is 0 Å². The van der Waals surface area contributed by atoms with E-state index in [9.17, 15) is 14.4 Å². The zero-order valence-corrected chi connectivity index (χ0v) is 17.5. The number of benzene rings is 1. The molecule has 0 aliphatic heterocycles. The van der Waals surface area contributed by atoms with E-state index in [0.717, 1.165) is 21.1 Å². The van der Waals surface area contributed by atoms with Crippen molar-refractivity contribution in [2.75, 3.05) is 6.54 Å². The molecular formula is C22H19N5O3S. The van der Waals surface area contributed by atoms with Gasteiger partial charge in [0, 0.05) is 30.4 Å². The number of nitrogens with one attached hydrogen (secondary N) is 2. The van der Waals surface area contributed by atoms with E-state index < -0.39 is 0 Å². The van der Waals surface area contributed by atoms with Crippen LogP contribution in [0.5, 0.6) is 0 Å². The molecule has 0 fully saturated rings. The predicted octanol–water partition coefficient (Wildman–Crippen LogP) is 2.46. The second-order valence-corrected chi connectivity index (χ2v) is 7.78. The number of amides is 1. The number of hydrogen-bond acceptors (Lipinski definition) is 6. The van der Waals surface area contributed by atoms with Crippen molar-refractivity contribution in [1.29, 1.82) is 0 Å². The summed E-state index contributed by atoms with van der Waals surface area (Å²) in [5, 5.41) is 8.08. The van der Waals surface area contributed by atoms with Gasteiger partial charge in [-0.25, -0.2) is 9.67 Å². The highest BCUT2D eigenvalue weighted by molar-refractivity contribution is 7.18. The number of pyridine rings is 1. The Balaban J connectivity index is 1.49. The number of aromatic amines is 1. The Kier molecular flexibility index (Phi) is 5.85. The molecule has 0 saturated carbocycles. The molecule has 0 unspecified atom stereocenters. The number of hydrogen-bond donors (Lipinski definition) is 2. The van der Waals surface area contributed by atoms with Gasteiger partial charge in [0.1, 0.15) is 10.7 Å². The maximum atomic E-state index is 12.2. The van der Waals surface area contributed by atoms with Crippen molar-refractivity contribution < 1.29 is 4.79 Å². The highest BCUT2D eigenvalue weighted by atomic mass is 32.1. The second kappa shape index (κ2) is 8.88. The van der Waals surface area contributed by atoms with Crippen molar-refractivity contribution in [3.63, 3.8) is 0 Å². The van der Waals surface area contributed by atoms with E-state index in [-0.39, 0.29) is 30.1 Å². The standard InChI is InChI=1S/C22H19N5O3S/c1-14-20(31-22(25-14)15-5-3-2-4-6-15)17-8-10-19(29)27(26-17)12-11-23-21(30)16-7-9-18(28)24-13-16/h2-10,13H,11-12H2,1H3,(H,23,30)(H,24,28). The molecule has 2 N–H and O–H groups in total. The maximum Gasteiger partial charge on any atom is 0.266 e. The van der Waals surface area contributed by atoms with Crippen LogP contribution in [0.15, 0.2) is 70.4 Å². The third-order valence-corrected chi connectivity index (χ3v) is 5.80. The van der Waals surface area contributed by atoms with Gasteiger partial charge in [-0.3, -0.25) is 14.4 Å². The first kappa shape index (κ1) is 20.4. The largest absolute Gasteiger partial charge is 0.350 e. The summed E-state index contributed by atoms with van der Waals surface area (Å²) in [5.74, 6) is -0.341. The number of nitrogens with zero attached hydrogens (tertiary/aromatic N) is 3. The summed E-state index contributed by atoms with van der Waals surface area (Å²) in [4.78, 5) is 43.5. The molecule has 0 bridgehead atoms. The van der Waals surface area contributed by atoms with Gasteiger partial charge in [-0.1, -0.05) is 30.3 Å².